The molecule has 0 spiro atoms. The van der Waals surface area contributed by atoms with Crippen LogP contribution >= 0.6 is 23.1 Å². The molecule has 0 bridgehead atoms. The highest BCUT2D eigenvalue weighted by Gasteiger charge is 2.11. The minimum absolute atomic E-state index is 0.356. The largest absolute Gasteiger partial charge is 0.387 e. The molecular formula is C13H14OS2. The predicted octanol–water partition coefficient (Wildman–Crippen LogP) is 3.88. The lowest BCUT2D eigenvalue weighted by Gasteiger charge is -2.09. The maximum atomic E-state index is 10.0. The quantitative estimate of drug-likeness (QED) is 0.831. The van der Waals surface area contributed by atoms with Crippen LogP contribution in [-0.2, 0) is 0 Å². The first kappa shape index (κ1) is 11.7. The van der Waals surface area contributed by atoms with Crippen LogP contribution in [0.2, 0.25) is 0 Å². The number of aliphatic hydroxyl groups is 1. The summed E-state index contributed by atoms with van der Waals surface area (Å²) in [6, 6.07) is 12.2. The molecule has 1 atom stereocenters. The third-order valence-corrected chi connectivity index (χ3v) is 4.56. The summed E-state index contributed by atoms with van der Waals surface area (Å²) in [6.07, 6.45) is -0.356. The molecule has 16 heavy (non-hydrogen) atoms. The van der Waals surface area contributed by atoms with E-state index in [1.807, 2.05) is 30.5 Å². The van der Waals surface area contributed by atoms with Crippen LogP contribution in [0.1, 0.15) is 16.5 Å². The summed E-state index contributed by atoms with van der Waals surface area (Å²) in [4.78, 5) is 2.29. The Balaban J connectivity index is 1.94. The Morgan fingerprint density at radius 1 is 1.25 bits per heavy atom. The molecule has 1 aromatic heterocycles. The number of aryl methyl sites for hydroxylation is 1. The van der Waals surface area contributed by atoms with E-state index < -0.39 is 0 Å². The number of aliphatic hydroxyl groups excluding tert-OH is 1. The molecule has 1 aromatic carbocycles. The minimum Gasteiger partial charge on any atom is -0.387 e. The van der Waals surface area contributed by atoms with Crippen LogP contribution in [0, 0.1) is 6.92 Å². The second-order valence-corrected chi connectivity index (χ2v) is 5.65. The average Bonchev–Trinajstić information content (AvgIpc) is 2.74. The molecule has 0 saturated carbocycles. The Labute approximate surface area is 104 Å². The van der Waals surface area contributed by atoms with Gasteiger partial charge in [0.15, 0.2) is 0 Å². The van der Waals surface area contributed by atoms with Crippen molar-refractivity contribution in [2.75, 3.05) is 5.75 Å². The van der Waals surface area contributed by atoms with Crippen molar-refractivity contribution in [1.82, 2.24) is 0 Å². The van der Waals surface area contributed by atoms with Crippen molar-refractivity contribution in [3.63, 3.8) is 0 Å². The summed E-state index contributed by atoms with van der Waals surface area (Å²) in [5.41, 5.74) is 1.19. The van der Waals surface area contributed by atoms with Crippen molar-refractivity contribution in [3.05, 3.63) is 52.2 Å². The van der Waals surface area contributed by atoms with Gasteiger partial charge in [0.2, 0.25) is 0 Å². The van der Waals surface area contributed by atoms with Crippen LogP contribution in [-0.4, -0.2) is 10.9 Å². The first-order chi connectivity index (χ1) is 7.77. The lowest BCUT2D eigenvalue weighted by atomic mass is 10.2. The van der Waals surface area contributed by atoms with Crippen molar-refractivity contribution >= 4 is 23.1 Å². The van der Waals surface area contributed by atoms with Gasteiger partial charge in [-0.15, -0.1) is 23.1 Å². The normalized spacial score (nSPS) is 12.6. The van der Waals surface area contributed by atoms with Gasteiger partial charge in [-0.25, -0.2) is 0 Å². The third kappa shape index (κ3) is 2.88. The molecule has 0 amide bonds. The lowest BCUT2D eigenvalue weighted by molar-refractivity contribution is 0.207. The second-order valence-electron chi connectivity index (χ2n) is 3.61. The molecule has 2 aromatic rings. The summed E-state index contributed by atoms with van der Waals surface area (Å²) >= 11 is 3.32. The van der Waals surface area contributed by atoms with Crippen LogP contribution in [0.4, 0.5) is 0 Å². The van der Waals surface area contributed by atoms with Crippen molar-refractivity contribution in [3.8, 4) is 0 Å². The summed E-state index contributed by atoms with van der Waals surface area (Å²) < 4.78 is 0. The van der Waals surface area contributed by atoms with Gasteiger partial charge in [0.25, 0.3) is 0 Å². The van der Waals surface area contributed by atoms with E-state index in [2.05, 4.69) is 18.2 Å². The number of hydrogen-bond acceptors (Lipinski definition) is 3. The molecule has 84 valence electrons. The van der Waals surface area contributed by atoms with E-state index >= 15 is 0 Å². The van der Waals surface area contributed by atoms with Gasteiger partial charge in [0, 0.05) is 15.5 Å². The van der Waals surface area contributed by atoms with Gasteiger partial charge < -0.3 is 5.11 Å². The Morgan fingerprint density at radius 3 is 2.62 bits per heavy atom. The molecule has 1 nitrogen and oxygen atoms in total. The highest BCUT2D eigenvalue weighted by Crippen LogP contribution is 2.29. The van der Waals surface area contributed by atoms with Gasteiger partial charge in [-0.2, -0.15) is 0 Å². The van der Waals surface area contributed by atoms with Gasteiger partial charge in [-0.05, 0) is 36.1 Å². The Morgan fingerprint density at radius 2 is 2.00 bits per heavy atom. The fraction of sp³-hybridized carbons (Fsp3) is 0.231. The fourth-order valence-electron chi connectivity index (χ4n) is 1.49. The summed E-state index contributed by atoms with van der Waals surface area (Å²) in [5, 5.41) is 12.1. The molecule has 0 aliphatic rings. The average molecular weight is 250 g/mol. The smallest absolute Gasteiger partial charge is 0.0978 e. The Bertz CT molecular complexity index is 436. The molecular weight excluding hydrogens is 236 g/mol. The van der Waals surface area contributed by atoms with Gasteiger partial charge in [0.1, 0.15) is 0 Å². The monoisotopic (exact) mass is 250 g/mol. The van der Waals surface area contributed by atoms with Crippen LogP contribution in [0.3, 0.4) is 0 Å². The number of rotatable bonds is 4. The number of thiophene rings is 1. The van der Waals surface area contributed by atoms with E-state index in [0.29, 0.717) is 5.75 Å². The first-order valence-electron chi connectivity index (χ1n) is 5.17. The van der Waals surface area contributed by atoms with Crippen molar-refractivity contribution in [1.29, 1.82) is 0 Å². The van der Waals surface area contributed by atoms with Gasteiger partial charge in [-0.1, -0.05) is 18.2 Å². The third-order valence-electron chi connectivity index (χ3n) is 2.36. The molecule has 3 heteroatoms. The van der Waals surface area contributed by atoms with Crippen molar-refractivity contribution in [2.45, 2.75) is 17.9 Å². The van der Waals surface area contributed by atoms with E-state index in [1.165, 1.54) is 10.5 Å². The molecule has 1 unspecified atom stereocenters. The maximum absolute atomic E-state index is 10.0. The highest BCUT2D eigenvalue weighted by atomic mass is 32.2. The standard InChI is InChI=1S/C13H14OS2/c1-10-7-8-15-13(10)12(14)9-16-11-5-3-2-4-6-11/h2-8,12,14H,9H2,1H3. The number of hydrogen-bond donors (Lipinski definition) is 1. The predicted molar refractivity (Wildman–Crippen MR) is 71.2 cm³/mol. The van der Waals surface area contributed by atoms with Gasteiger partial charge in [-0.3, -0.25) is 0 Å². The summed E-state index contributed by atoms with van der Waals surface area (Å²) in [6.45, 7) is 2.04. The molecule has 1 N–H and O–H groups in total. The van der Waals surface area contributed by atoms with Crippen molar-refractivity contribution in [2.24, 2.45) is 0 Å². The molecule has 0 saturated heterocycles. The molecule has 1 heterocycles. The summed E-state index contributed by atoms with van der Waals surface area (Å²) in [7, 11) is 0. The van der Waals surface area contributed by atoms with Crippen LogP contribution in [0.25, 0.3) is 0 Å². The topological polar surface area (TPSA) is 20.2 Å². The fourth-order valence-corrected chi connectivity index (χ4v) is 3.38. The zero-order valence-electron chi connectivity index (χ0n) is 9.09. The maximum Gasteiger partial charge on any atom is 0.0978 e. The van der Waals surface area contributed by atoms with Gasteiger partial charge >= 0.3 is 0 Å². The first-order valence-corrected chi connectivity index (χ1v) is 7.04. The van der Waals surface area contributed by atoms with E-state index in [1.54, 1.807) is 23.1 Å². The summed E-state index contributed by atoms with van der Waals surface area (Å²) in [5.74, 6) is 0.714. The van der Waals surface area contributed by atoms with E-state index in [0.717, 1.165) is 4.88 Å². The highest BCUT2D eigenvalue weighted by molar-refractivity contribution is 7.99. The van der Waals surface area contributed by atoms with Crippen molar-refractivity contribution < 1.29 is 5.11 Å². The van der Waals surface area contributed by atoms with E-state index in [-0.39, 0.29) is 6.10 Å². The molecule has 0 aliphatic heterocycles. The number of thioether (sulfide) groups is 1. The number of benzene rings is 1. The Kier molecular flexibility index (Phi) is 4.04. The zero-order valence-corrected chi connectivity index (χ0v) is 10.7. The van der Waals surface area contributed by atoms with Crippen LogP contribution in [0.15, 0.2) is 46.7 Å². The second kappa shape index (κ2) is 5.53. The SMILES string of the molecule is Cc1ccsc1C(O)CSc1ccccc1. The van der Waals surface area contributed by atoms with Gasteiger partial charge in [0.05, 0.1) is 6.10 Å². The zero-order chi connectivity index (χ0) is 11.4. The molecule has 0 radical (unpaired) electrons. The van der Waals surface area contributed by atoms with E-state index in [9.17, 15) is 5.11 Å². The lowest BCUT2D eigenvalue weighted by Crippen LogP contribution is -1.99. The molecule has 0 aliphatic carbocycles. The Hall–Kier alpha value is -0.770. The van der Waals surface area contributed by atoms with Crippen LogP contribution < -0.4 is 0 Å². The minimum atomic E-state index is -0.356. The molecule has 0 fully saturated rings. The van der Waals surface area contributed by atoms with Crippen LogP contribution in [0.5, 0.6) is 0 Å². The molecule has 2 rings (SSSR count). The van der Waals surface area contributed by atoms with E-state index in [4.69, 9.17) is 0 Å².